The highest BCUT2D eigenvalue weighted by Gasteiger charge is 2.22. The van der Waals surface area contributed by atoms with Crippen molar-refractivity contribution in [3.05, 3.63) is 89.1 Å². The summed E-state index contributed by atoms with van der Waals surface area (Å²) < 4.78 is 16.2. The van der Waals surface area contributed by atoms with E-state index in [9.17, 15) is 9.18 Å². The molecule has 0 aliphatic carbocycles. The van der Waals surface area contributed by atoms with Crippen LogP contribution in [0.3, 0.4) is 0 Å². The van der Waals surface area contributed by atoms with E-state index in [4.69, 9.17) is 0 Å². The number of fused-ring (bicyclic) bond motifs is 1. The van der Waals surface area contributed by atoms with Gasteiger partial charge in [0.25, 0.3) is 5.91 Å². The number of imidazole rings is 1. The van der Waals surface area contributed by atoms with Crippen LogP contribution in [-0.4, -0.2) is 15.5 Å². The Morgan fingerprint density at radius 2 is 1.96 bits per heavy atom. The third-order valence-electron chi connectivity index (χ3n) is 4.24. The Balaban J connectivity index is 1.69. The van der Waals surface area contributed by atoms with Crippen LogP contribution in [0.25, 0.3) is 10.1 Å². The summed E-state index contributed by atoms with van der Waals surface area (Å²) in [6, 6.07) is 15.4. The van der Waals surface area contributed by atoms with Crippen molar-refractivity contribution in [3.63, 3.8) is 0 Å². The second kappa shape index (κ2) is 6.72. The van der Waals surface area contributed by atoms with Gasteiger partial charge in [0.05, 0.1) is 4.88 Å². The SMILES string of the molecule is Cn1ccnc1[C@@H](NC(=O)c1cc2ccccc2s1)c1ccc(F)cc1. The number of nitrogens with zero attached hydrogens (tertiary/aromatic N) is 2. The predicted octanol–water partition coefficient (Wildman–Crippen LogP) is 4.29. The lowest BCUT2D eigenvalue weighted by Gasteiger charge is -2.18. The first-order valence-electron chi connectivity index (χ1n) is 8.14. The fourth-order valence-electron chi connectivity index (χ4n) is 2.90. The maximum atomic E-state index is 13.3. The molecule has 0 radical (unpaired) electrons. The summed E-state index contributed by atoms with van der Waals surface area (Å²) in [7, 11) is 1.87. The zero-order chi connectivity index (χ0) is 18.1. The van der Waals surface area contributed by atoms with Crippen LogP contribution in [-0.2, 0) is 7.05 Å². The van der Waals surface area contributed by atoms with Crippen LogP contribution >= 0.6 is 11.3 Å². The molecule has 0 spiro atoms. The second-order valence-electron chi connectivity index (χ2n) is 6.00. The van der Waals surface area contributed by atoms with Gasteiger partial charge < -0.3 is 9.88 Å². The van der Waals surface area contributed by atoms with Gasteiger partial charge in [-0.3, -0.25) is 4.79 Å². The van der Waals surface area contributed by atoms with Gasteiger partial charge in [0.15, 0.2) is 0 Å². The number of carbonyl (C=O) groups is 1. The summed E-state index contributed by atoms with van der Waals surface area (Å²) in [6.45, 7) is 0. The van der Waals surface area contributed by atoms with Crippen LogP contribution in [0.4, 0.5) is 4.39 Å². The highest BCUT2D eigenvalue weighted by molar-refractivity contribution is 7.20. The van der Waals surface area contributed by atoms with Gasteiger partial charge in [-0.05, 0) is 35.2 Å². The first-order valence-corrected chi connectivity index (χ1v) is 8.95. The molecule has 4 rings (SSSR count). The number of hydrogen-bond acceptors (Lipinski definition) is 3. The Labute approximate surface area is 153 Å². The molecule has 0 aliphatic rings. The maximum Gasteiger partial charge on any atom is 0.262 e. The second-order valence-corrected chi connectivity index (χ2v) is 7.09. The standard InChI is InChI=1S/C20H16FN3OS/c1-24-11-10-22-19(24)18(13-6-8-15(21)9-7-13)23-20(25)17-12-14-4-2-3-5-16(14)26-17/h2-12,18H,1H3,(H,23,25)/t18-/m0/s1. The van der Waals surface area contributed by atoms with Crippen LogP contribution in [0.2, 0.25) is 0 Å². The minimum Gasteiger partial charge on any atom is -0.337 e. The van der Waals surface area contributed by atoms with Gasteiger partial charge >= 0.3 is 0 Å². The molecule has 4 aromatic rings. The molecule has 2 heterocycles. The highest BCUT2D eigenvalue weighted by Crippen LogP contribution is 2.27. The smallest absolute Gasteiger partial charge is 0.262 e. The van der Waals surface area contributed by atoms with Gasteiger partial charge in [0.1, 0.15) is 17.7 Å². The van der Waals surface area contributed by atoms with Gasteiger partial charge in [-0.2, -0.15) is 0 Å². The molecule has 0 unspecified atom stereocenters. The first-order chi connectivity index (χ1) is 12.6. The highest BCUT2D eigenvalue weighted by atomic mass is 32.1. The Morgan fingerprint density at radius 1 is 1.19 bits per heavy atom. The number of nitrogens with one attached hydrogen (secondary N) is 1. The van der Waals surface area contributed by atoms with E-state index in [1.54, 1.807) is 18.3 Å². The van der Waals surface area contributed by atoms with Gasteiger partial charge in [-0.25, -0.2) is 9.37 Å². The van der Waals surface area contributed by atoms with E-state index in [0.29, 0.717) is 10.7 Å². The third-order valence-corrected chi connectivity index (χ3v) is 5.36. The average Bonchev–Trinajstić information content (AvgIpc) is 3.26. The van der Waals surface area contributed by atoms with Crippen molar-refractivity contribution in [3.8, 4) is 0 Å². The molecule has 26 heavy (non-hydrogen) atoms. The lowest BCUT2D eigenvalue weighted by Crippen LogP contribution is -2.30. The molecule has 1 N–H and O–H groups in total. The van der Waals surface area contributed by atoms with Crippen molar-refractivity contribution in [2.24, 2.45) is 7.05 Å². The van der Waals surface area contributed by atoms with Crippen LogP contribution in [0.15, 0.2) is 67.0 Å². The molecule has 0 aliphatic heterocycles. The van der Waals surface area contributed by atoms with Crippen molar-refractivity contribution in [1.82, 2.24) is 14.9 Å². The van der Waals surface area contributed by atoms with Crippen molar-refractivity contribution >= 4 is 27.3 Å². The maximum absolute atomic E-state index is 13.3. The average molecular weight is 365 g/mol. The summed E-state index contributed by atoms with van der Waals surface area (Å²) in [5.74, 6) is 0.192. The monoisotopic (exact) mass is 365 g/mol. The van der Waals surface area contributed by atoms with E-state index in [1.165, 1.54) is 23.5 Å². The number of thiophene rings is 1. The summed E-state index contributed by atoms with van der Waals surface area (Å²) in [5.41, 5.74) is 0.773. The number of rotatable bonds is 4. The van der Waals surface area contributed by atoms with Gasteiger partial charge in [-0.1, -0.05) is 30.3 Å². The van der Waals surface area contributed by atoms with E-state index in [1.807, 2.05) is 48.1 Å². The lowest BCUT2D eigenvalue weighted by molar-refractivity contribution is 0.0945. The summed E-state index contributed by atoms with van der Waals surface area (Å²) >= 11 is 1.45. The van der Waals surface area contributed by atoms with E-state index in [0.717, 1.165) is 15.6 Å². The summed E-state index contributed by atoms with van der Waals surface area (Å²) in [4.78, 5) is 17.9. The fourth-order valence-corrected chi connectivity index (χ4v) is 3.87. The van der Waals surface area contributed by atoms with E-state index < -0.39 is 6.04 Å². The summed E-state index contributed by atoms with van der Waals surface area (Å²) in [6.07, 6.45) is 3.49. The number of benzene rings is 2. The van der Waals surface area contributed by atoms with Crippen LogP contribution < -0.4 is 5.32 Å². The molecule has 2 aromatic carbocycles. The van der Waals surface area contributed by atoms with E-state index >= 15 is 0 Å². The molecule has 4 nitrogen and oxygen atoms in total. The van der Waals surface area contributed by atoms with Crippen LogP contribution in [0, 0.1) is 5.82 Å². The molecular weight excluding hydrogens is 349 g/mol. The minimum absolute atomic E-state index is 0.177. The van der Waals surface area contributed by atoms with Crippen molar-refractivity contribution in [1.29, 1.82) is 0 Å². The molecule has 0 saturated carbocycles. The Hall–Kier alpha value is -2.99. The first kappa shape index (κ1) is 16.5. The Morgan fingerprint density at radius 3 is 2.65 bits per heavy atom. The molecule has 0 fully saturated rings. The van der Waals surface area contributed by atoms with Crippen molar-refractivity contribution in [2.45, 2.75) is 6.04 Å². The number of aromatic nitrogens is 2. The number of hydrogen-bond donors (Lipinski definition) is 1. The Bertz CT molecular complexity index is 1040. The molecule has 0 bridgehead atoms. The third kappa shape index (κ3) is 3.11. The van der Waals surface area contributed by atoms with Gasteiger partial charge in [-0.15, -0.1) is 11.3 Å². The van der Waals surface area contributed by atoms with E-state index in [-0.39, 0.29) is 11.7 Å². The number of amides is 1. The minimum atomic E-state index is -0.465. The topological polar surface area (TPSA) is 46.9 Å². The van der Waals surface area contributed by atoms with Gasteiger partial charge in [0, 0.05) is 24.1 Å². The predicted molar refractivity (Wildman–Crippen MR) is 101 cm³/mol. The molecule has 1 amide bonds. The largest absolute Gasteiger partial charge is 0.337 e. The Kier molecular flexibility index (Phi) is 4.26. The molecular formula is C20H16FN3OS. The van der Waals surface area contributed by atoms with Crippen LogP contribution in [0.5, 0.6) is 0 Å². The molecule has 1 atom stereocenters. The normalized spacial score (nSPS) is 12.2. The zero-order valence-corrected chi connectivity index (χ0v) is 14.8. The summed E-state index contributed by atoms with van der Waals surface area (Å²) in [5, 5.41) is 4.08. The molecule has 2 aromatic heterocycles. The molecule has 0 saturated heterocycles. The van der Waals surface area contributed by atoms with Gasteiger partial charge in [0.2, 0.25) is 0 Å². The van der Waals surface area contributed by atoms with Crippen LogP contribution in [0.1, 0.15) is 27.1 Å². The molecule has 130 valence electrons. The van der Waals surface area contributed by atoms with Crippen molar-refractivity contribution in [2.75, 3.05) is 0 Å². The lowest BCUT2D eigenvalue weighted by atomic mass is 10.1. The zero-order valence-electron chi connectivity index (χ0n) is 14.0. The number of aryl methyl sites for hydroxylation is 1. The quantitative estimate of drug-likeness (QED) is 0.586. The van der Waals surface area contributed by atoms with Crippen molar-refractivity contribution < 1.29 is 9.18 Å². The number of halogens is 1. The molecule has 6 heteroatoms. The van der Waals surface area contributed by atoms with E-state index in [2.05, 4.69) is 10.3 Å². The fraction of sp³-hybridized carbons (Fsp3) is 0.100. The number of carbonyl (C=O) groups excluding carboxylic acids is 1.